The first kappa shape index (κ1) is 13.6. The summed E-state index contributed by atoms with van der Waals surface area (Å²) in [5, 5.41) is 0. The van der Waals surface area contributed by atoms with Crippen LogP contribution < -0.4 is 9.47 Å². The number of methoxy groups -OCH3 is 2. The lowest BCUT2D eigenvalue weighted by atomic mass is 10.1. The molecule has 1 rings (SSSR count). The zero-order chi connectivity index (χ0) is 12.8. The van der Waals surface area contributed by atoms with Gasteiger partial charge in [-0.25, -0.2) is 0 Å². The van der Waals surface area contributed by atoms with Gasteiger partial charge in [0.15, 0.2) is 0 Å². The molecule has 0 amide bonds. The highest BCUT2D eigenvalue weighted by Crippen LogP contribution is 2.30. The summed E-state index contributed by atoms with van der Waals surface area (Å²) in [5.74, 6) is 2.33. The quantitative estimate of drug-likeness (QED) is 0.764. The lowest BCUT2D eigenvalue weighted by Crippen LogP contribution is -1.93. The van der Waals surface area contributed by atoms with Crippen LogP contribution in [0.4, 0.5) is 0 Å². The van der Waals surface area contributed by atoms with Crippen LogP contribution >= 0.6 is 0 Å². The first-order valence-corrected chi connectivity index (χ1v) is 6.03. The number of allylic oxidation sites excluding steroid dienone is 1. The largest absolute Gasteiger partial charge is 0.496 e. The van der Waals surface area contributed by atoms with Gasteiger partial charge < -0.3 is 9.47 Å². The Hall–Kier alpha value is -1.44. The molecule has 0 saturated carbocycles. The summed E-state index contributed by atoms with van der Waals surface area (Å²) in [5.41, 5.74) is 2.15. The van der Waals surface area contributed by atoms with E-state index in [0.29, 0.717) is 5.92 Å². The Morgan fingerprint density at radius 2 is 1.71 bits per heavy atom. The summed E-state index contributed by atoms with van der Waals surface area (Å²) in [4.78, 5) is 0. The zero-order valence-corrected chi connectivity index (χ0v) is 11.4. The fraction of sp³-hybridized carbons (Fsp3) is 0.467. The monoisotopic (exact) mass is 234 g/mol. The van der Waals surface area contributed by atoms with E-state index in [1.54, 1.807) is 14.2 Å². The molecule has 0 aliphatic heterocycles. The van der Waals surface area contributed by atoms with Gasteiger partial charge in [-0.15, -0.1) is 0 Å². The van der Waals surface area contributed by atoms with Crippen LogP contribution in [0.1, 0.15) is 31.4 Å². The number of rotatable bonds is 5. The molecule has 0 heterocycles. The third-order valence-corrected chi connectivity index (χ3v) is 3.04. The molecule has 2 nitrogen and oxygen atoms in total. The molecule has 0 saturated heterocycles. The van der Waals surface area contributed by atoms with Gasteiger partial charge in [-0.05, 0) is 30.5 Å². The molecule has 0 N–H and O–H groups in total. The van der Waals surface area contributed by atoms with Crippen molar-refractivity contribution in [3.63, 3.8) is 0 Å². The van der Waals surface area contributed by atoms with Crippen molar-refractivity contribution in [2.24, 2.45) is 5.92 Å². The van der Waals surface area contributed by atoms with Gasteiger partial charge in [-0.2, -0.15) is 0 Å². The maximum atomic E-state index is 5.35. The van der Waals surface area contributed by atoms with E-state index in [2.05, 4.69) is 26.0 Å². The van der Waals surface area contributed by atoms with Gasteiger partial charge in [0, 0.05) is 5.56 Å². The highest BCUT2D eigenvalue weighted by Gasteiger charge is 2.06. The lowest BCUT2D eigenvalue weighted by molar-refractivity contribution is 0.388. The molecule has 0 spiro atoms. The minimum Gasteiger partial charge on any atom is -0.496 e. The minimum absolute atomic E-state index is 0.591. The van der Waals surface area contributed by atoms with Crippen LogP contribution in [0.3, 0.4) is 0 Å². The van der Waals surface area contributed by atoms with E-state index in [0.717, 1.165) is 29.0 Å². The summed E-state index contributed by atoms with van der Waals surface area (Å²) < 4.78 is 10.7. The van der Waals surface area contributed by atoms with Crippen molar-refractivity contribution >= 4 is 6.08 Å². The predicted octanol–water partition coefficient (Wildman–Crippen LogP) is 4.07. The van der Waals surface area contributed by atoms with Gasteiger partial charge in [0.05, 0.1) is 14.2 Å². The Morgan fingerprint density at radius 3 is 2.12 bits per heavy atom. The number of ether oxygens (including phenoxy) is 2. The maximum absolute atomic E-state index is 5.35. The molecule has 0 aliphatic carbocycles. The topological polar surface area (TPSA) is 18.5 Å². The van der Waals surface area contributed by atoms with Gasteiger partial charge in [0.2, 0.25) is 0 Å². The van der Waals surface area contributed by atoms with Gasteiger partial charge in [0.25, 0.3) is 0 Å². The average Bonchev–Trinajstić information content (AvgIpc) is 2.36. The van der Waals surface area contributed by atoms with Gasteiger partial charge >= 0.3 is 0 Å². The van der Waals surface area contributed by atoms with E-state index in [1.165, 1.54) is 0 Å². The minimum atomic E-state index is 0.591. The molecular weight excluding hydrogens is 212 g/mol. The first-order valence-electron chi connectivity index (χ1n) is 6.03. The van der Waals surface area contributed by atoms with Crippen molar-refractivity contribution in [2.75, 3.05) is 14.2 Å². The molecule has 0 radical (unpaired) electrons. The molecule has 1 atom stereocenters. The summed E-state index contributed by atoms with van der Waals surface area (Å²) in [6.45, 7) is 6.39. The van der Waals surface area contributed by atoms with Crippen LogP contribution in [0.25, 0.3) is 6.08 Å². The van der Waals surface area contributed by atoms with Gasteiger partial charge in [-0.3, -0.25) is 0 Å². The predicted molar refractivity (Wildman–Crippen MR) is 72.8 cm³/mol. The van der Waals surface area contributed by atoms with Crippen molar-refractivity contribution in [1.82, 2.24) is 0 Å². The lowest BCUT2D eigenvalue weighted by Gasteiger charge is -2.11. The van der Waals surface area contributed by atoms with Crippen molar-refractivity contribution in [2.45, 2.75) is 27.2 Å². The first-order chi connectivity index (χ1) is 8.12. The Kier molecular flexibility index (Phi) is 5.08. The highest BCUT2D eigenvalue weighted by atomic mass is 16.5. The van der Waals surface area contributed by atoms with Crippen LogP contribution in [-0.2, 0) is 0 Å². The zero-order valence-electron chi connectivity index (χ0n) is 11.4. The van der Waals surface area contributed by atoms with E-state index in [1.807, 2.05) is 19.1 Å². The molecule has 94 valence electrons. The molecular formula is C15H22O2. The number of benzene rings is 1. The Morgan fingerprint density at radius 1 is 1.18 bits per heavy atom. The standard InChI is InChI=1S/C15H22O2/c1-6-11(2)7-8-13-9-14(16-4)12(3)15(10-13)17-5/h7-11H,6H2,1-5H3/b8-7+. The van der Waals surface area contributed by atoms with Crippen LogP contribution in [0.5, 0.6) is 11.5 Å². The molecule has 0 bridgehead atoms. The smallest absolute Gasteiger partial charge is 0.126 e. The van der Waals surface area contributed by atoms with Crippen LogP contribution in [0.15, 0.2) is 18.2 Å². The average molecular weight is 234 g/mol. The van der Waals surface area contributed by atoms with Crippen LogP contribution in [0, 0.1) is 12.8 Å². The Labute approximate surface area is 104 Å². The Bertz CT molecular complexity index is 369. The second-order valence-electron chi connectivity index (χ2n) is 4.30. The van der Waals surface area contributed by atoms with Gasteiger partial charge in [-0.1, -0.05) is 32.4 Å². The highest BCUT2D eigenvalue weighted by molar-refractivity contribution is 5.58. The SMILES string of the molecule is CCC(C)/C=C/c1cc(OC)c(C)c(OC)c1. The third kappa shape index (κ3) is 3.52. The van der Waals surface area contributed by atoms with E-state index >= 15 is 0 Å². The fourth-order valence-corrected chi connectivity index (χ4v) is 1.61. The molecule has 17 heavy (non-hydrogen) atoms. The Balaban J connectivity index is 3.05. The van der Waals surface area contributed by atoms with E-state index in [4.69, 9.17) is 9.47 Å². The second-order valence-corrected chi connectivity index (χ2v) is 4.30. The number of hydrogen-bond donors (Lipinski definition) is 0. The van der Waals surface area contributed by atoms with E-state index in [-0.39, 0.29) is 0 Å². The van der Waals surface area contributed by atoms with Crippen molar-refractivity contribution in [3.8, 4) is 11.5 Å². The maximum Gasteiger partial charge on any atom is 0.126 e. The third-order valence-electron chi connectivity index (χ3n) is 3.04. The molecule has 0 aliphatic rings. The molecule has 0 aromatic heterocycles. The fourth-order valence-electron chi connectivity index (χ4n) is 1.61. The summed E-state index contributed by atoms with van der Waals surface area (Å²) in [7, 11) is 3.37. The summed E-state index contributed by atoms with van der Waals surface area (Å²) in [6, 6.07) is 4.08. The normalized spacial score (nSPS) is 12.8. The molecule has 1 aromatic rings. The van der Waals surface area contributed by atoms with Crippen LogP contribution in [-0.4, -0.2) is 14.2 Å². The summed E-state index contributed by atoms with van der Waals surface area (Å²) >= 11 is 0. The van der Waals surface area contributed by atoms with Crippen molar-refractivity contribution in [3.05, 3.63) is 29.3 Å². The summed E-state index contributed by atoms with van der Waals surface area (Å²) in [6.07, 6.45) is 5.48. The molecule has 2 heteroatoms. The van der Waals surface area contributed by atoms with E-state index < -0.39 is 0 Å². The van der Waals surface area contributed by atoms with Gasteiger partial charge in [0.1, 0.15) is 11.5 Å². The molecule has 1 unspecified atom stereocenters. The van der Waals surface area contributed by atoms with Crippen LogP contribution in [0.2, 0.25) is 0 Å². The second kappa shape index (κ2) is 6.33. The van der Waals surface area contributed by atoms with Crippen molar-refractivity contribution in [1.29, 1.82) is 0 Å². The molecule has 0 fully saturated rings. The molecule has 1 aromatic carbocycles. The number of hydrogen-bond acceptors (Lipinski definition) is 2. The van der Waals surface area contributed by atoms with E-state index in [9.17, 15) is 0 Å². The van der Waals surface area contributed by atoms with Crippen molar-refractivity contribution < 1.29 is 9.47 Å².